The summed E-state index contributed by atoms with van der Waals surface area (Å²) in [7, 11) is 0. The van der Waals surface area contributed by atoms with Gasteiger partial charge in [0.05, 0.1) is 11.9 Å². The summed E-state index contributed by atoms with van der Waals surface area (Å²) in [6, 6.07) is 8.34. The minimum atomic E-state index is -4.40. The first-order valence-electron chi connectivity index (χ1n) is 10.7. The molecule has 0 aliphatic carbocycles. The number of halogens is 3. The van der Waals surface area contributed by atoms with Gasteiger partial charge in [-0.1, -0.05) is 6.07 Å². The highest BCUT2D eigenvalue weighted by molar-refractivity contribution is 5.45. The Morgan fingerprint density at radius 3 is 2.50 bits per heavy atom. The van der Waals surface area contributed by atoms with E-state index in [1.807, 2.05) is 18.5 Å². The molecule has 3 unspecified atom stereocenters. The number of fused-ring (bicyclic) bond motifs is 2. The van der Waals surface area contributed by atoms with Crippen LogP contribution in [0.2, 0.25) is 0 Å². The zero-order chi connectivity index (χ0) is 20.7. The fraction of sp³-hybridized carbons (Fsp3) is 0.545. The lowest BCUT2D eigenvalue weighted by Crippen LogP contribution is -2.48. The van der Waals surface area contributed by atoms with Crippen molar-refractivity contribution < 1.29 is 13.2 Å². The van der Waals surface area contributed by atoms with Crippen LogP contribution in [-0.2, 0) is 6.18 Å². The highest BCUT2D eigenvalue weighted by Gasteiger charge is 2.44. The lowest BCUT2D eigenvalue weighted by atomic mass is 9.84. The molecule has 5 nitrogen and oxygen atoms in total. The maximum Gasteiger partial charge on any atom is 0.433 e. The van der Waals surface area contributed by atoms with E-state index < -0.39 is 11.9 Å². The van der Waals surface area contributed by atoms with Gasteiger partial charge in [0, 0.05) is 56.7 Å². The van der Waals surface area contributed by atoms with Gasteiger partial charge in [-0.25, -0.2) is 4.98 Å². The largest absolute Gasteiger partial charge is 0.433 e. The number of anilines is 1. The van der Waals surface area contributed by atoms with E-state index in [0.29, 0.717) is 24.0 Å². The van der Waals surface area contributed by atoms with Crippen LogP contribution in [0.3, 0.4) is 0 Å². The van der Waals surface area contributed by atoms with Gasteiger partial charge in [0.25, 0.3) is 0 Å². The molecule has 3 aliphatic rings. The lowest BCUT2D eigenvalue weighted by molar-refractivity contribution is -0.141. The summed E-state index contributed by atoms with van der Waals surface area (Å²) in [6.07, 6.45) is 3.99. The van der Waals surface area contributed by atoms with Gasteiger partial charge in [0.2, 0.25) is 0 Å². The Hall–Kier alpha value is -2.19. The van der Waals surface area contributed by atoms with Crippen LogP contribution in [0.5, 0.6) is 0 Å². The van der Waals surface area contributed by atoms with Crippen LogP contribution in [0.1, 0.15) is 36.6 Å². The number of rotatable bonds is 4. The van der Waals surface area contributed by atoms with Gasteiger partial charge in [-0.3, -0.25) is 9.88 Å². The summed E-state index contributed by atoms with van der Waals surface area (Å²) in [4.78, 5) is 12.8. The molecule has 3 atom stereocenters. The molecule has 2 aromatic rings. The molecule has 8 heteroatoms. The Morgan fingerprint density at radius 1 is 1.10 bits per heavy atom. The number of nitrogens with one attached hydrogen (secondary N) is 1. The maximum atomic E-state index is 12.8. The van der Waals surface area contributed by atoms with Crippen LogP contribution in [0.4, 0.5) is 18.9 Å². The predicted molar refractivity (Wildman–Crippen MR) is 108 cm³/mol. The van der Waals surface area contributed by atoms with E-state index in [-0.39, 0.29) is 0 Å². The van der Waals surface area contributed by atoms with E-state index in [1.54, 1.807) is 6.07 Å². The first kappa shape index (κ1) is 19.8. The van der Waals surface area contributed by atoms with Crippen molar-refractivity contribution in [1.29, 1.82) is 0 Å². The molecule has 0 aromatic carbocycles. The van der Waals surface area contributed by atoms with Crippen molar-refractivity contribution in [3.05, 3.63) is 54.1 Å². The average Bonchev–Trinajstić information content (AvgIpc) is 3.39. The molecule has 2 aromatic heterocycles. The number of alkyl halides is 3. The molecule has 0 saturated carbocycles. The smallest absolute Gasteiger partial charge is 0.370 e. The molecule has 3 fully saturated rings. The zero-order valence-electron chi connectivity index (χ0n) is 16.7. The van der Waals surface area contributed by atoms with E-state index in [1.165, 1.54) is 18.2 Å². The number of nitrogens with zero attached hydrogens (tertiary/aromatic N) is 4. The van der Waals surface area contributed by atoms with E-state index in [0.717, 1.165) is 50.8 Å². The summed E-state index contributed by atoms with van der Waals surface area (Å²) < 4.78 is 38.4. The third-order valence-corrected chi connectivity index (χ3v) is 6.87. The van der Waals surface area contributed by atoms with Crippen molar-refractivity contribution in [2.75, 3.05) is 31.1 Å². The molecule has 1 N–H and O–H groups in total. The second kappa shape index (κ2) is 7.81. The molecular formula is C22H26F3N5. The molecule has 160 valence electrons. The lowest BCUT2D eigenvalue weighted by Gasteiger charge is -2.43. The molecule has 5 heterocycles. The Kier molecular flexibility index (Phi) is 5.14. The van der Waals surface area contributed by atoms with Gasteiger partial charge >= 0.3 is 6.18 Å². The summed E-state index contributed by atoms with van der Waals surface area (Å²) in [6.45, 7) is 3.79. The second-order valence-electron chi connectivity index (χ2n) is 8.65. The first-order valence-corrected chi connectivity index (χ1v) is 10.7. The normalized spacial score (nSPS) is 26.3. The van der Waals surface area contributed by atoms with Gasteiger partial charge in [0.1, 0.15) is 5.69 Å². The van der Waals surface area contributed by atoms with Crippen molar-refractivity contribution in [2.45, 2.75) is 43.6 Å². The topological polar surface area (TPSA) is 44.3 Å². The summed E-state index contributed by atoms with van der Waals surface area (Å²) in [5, 5.41) is 3.59. The molecule has 0 amide bonds. The van der Waals surface area contributed by atoms with Gasteiger partial charge in [-0.05, 0) is 48.9 Å². The minimum Gasteiger partial charge on any atom is -0.370 e. The fourth-order valence-electron chi connectivity index (χ4n) is 5.43. The summed E-state index contributed by atoms with van der Waals surface area (Å²) in [5.74, 6) is 0.507. The third kappa shape index (κ3) is 3.78. The first-order chi connectivity index (χ1) is 14.5. The number of likely N-dealkylation sites (tertiary alicyclic amines) is 1. The Morgan fingerprint density at radius 2 is 1.93 bits per heavy atom. The molecule has 3 saturated heterocycles. The molecule has 5 rings (SSSR count). The third-order valence-electron chi connectivity index (χ3n) is 6.87. The second-order valence-corrected chi connectivity index (χ2v) is 8.65. The van der Waals surface area contributed by atoms with Crippen LogP contribution in [0.25, 0.3) is 0 Å². The van der Waals surface area contributed by atoms with Gasteiger partial charge < -0.3 is 10.2 Å². The van der Waals surface area contributed by atoms with Gasteiger partial charge in [-0.2, -0.15) is 13.2 Å². The fourth-order valence-corrected chi connectivity index (χ4v) is 5.43. The highest BCUT2D eigenvalue weighted by Crippen LogP contribution is 2.41. The number of piperidine rings is 1. The van der Waals surface area contributed by atoms with Crippen molar-refractivity contribution in [3.63, 3.8) is 0 Å². The predicted octanol–water partition coefficient (Wildman–Crippen LogP) is 3.50. The van der Waals surface area contributed by atoms with E-state index in [2.05, 4.69) is 31.2 Å². The molecule has 0 radical (unpaired) electrons. The minimum absolute atomic E-state index is 0.351. The number of hydrogen-bond donors (Lipinski definition) is 1. The van der Waals surface area contributed by atoms with Gasteiger partial charge in [0.15, 0.2) is 0 Å². The van der Waals surface area contributed by atoms with Crippen molar-refractivity contribution in [3.8, 4) is 0 Å². The number of hydrogen-bond acceptors (Lipinski definition) is 5. The SMILES string of the molecule is FC(F)(F)c1ccc(N2CCC(C(c3cccnc3)N3CC4CC3CN4)CC2)cn1. The highest BCUT2D eigenvalue weighted by atomic mass is 19.4. The van der Waals surface area contributed by atoms with Crippen molar-refractivity contribution in [2.24, 2.45) is 5.92 Å². The summed E-state index contributed by atoms with van der Waals surface area (Å²) >= 11 is 0. The van der Waals surface area contributed by atoms with Crippen LogP contribution in [0.15, 0.2) is 42.9 Å². The monoisotopic (exact) mass is 417 g/mol. The quantitative estimate of drug-likeness (QED) is 0.825. The number of pyridine rings is 2. The number of piperazine rings is 1. The maximum absolute atomic E-state index is 12.8. The van der Waals surface area contributed by atoms with Crippen LogP contribution < -0.4 is 10.2 Å². The molecular weight excluding hydrogens is 391 g/mol. The molecule has 30 heavy (non-hydrogen) atoms. The van der Waals surface area contributed by atoms with Crippen molar-refractivity contribution >= 4 is 5.69 Å². The van der Waals surface area contributed by atoms with E-state index >= 15 is 0 Å². The molecule has 0 spiro atoms. The van der Waals surface area contributed by atoms with E-state index in [4.69, 9.17) is 0 Å². The zero-order valence-corrected chi connectivity index (χ0v) is 16.7. The average molecular weight is 417 g/mol. The van der Waals surface area contributed by atoms with Crippen LogP contribution >= 0.6 is 0 Å². The van der Waals surface area contributed by atoms with E-state index in [9.17, 15) is 13.2 Å². The van der Waals surface area contributed by atoms with Crippen LogP contribution in [-0.4, -0.2) is 53.1 Å². The molecule has 3 aliphatic heterocycles. The summed E-state index contributed by atoms with van der Waals surface area (Å²) in [5.41, 5.74) is 1.21. The Bertz CT molecular complexity index is 849. The molecule has 2 bridgehead atoms. The van der Waals surface area contributed by atoms with Crippen LogP contribution in [0, 0.1) is 5.92 Å². The Balaban J connectivity index is 1.30. The Labute approximate surface area is 174 Å². The van der Waals surface area contributed by atoms with Crippen molar-refractivity contribution in [1.82, 2.24) is 20.2 Å². The number of aromatic nitrogens is 2. The standard InChI is InChI=1S/C22H26F3N5/c23-22(24,25)20-4-3-18(12-28-20)29-8-5-15(6-9-29)21(16-2-1-7-26-11-16)30-14-17-10-19(30)13-27-17/h1-4,7,11-12,15,17,19,21,27H,5-6,8-10,13-14H2. The van der Waals surface area contributed by atoms with Gasteiger partial charge in [-0.15, -0.1) is 0 Å².